The summed E-state index contributed by atoms with van der Waals surface area (Å²) in [6.07, 6.45) is 3.68. The molecule has 1 aromatic heterocycles. The summed E-state index contributed by atoms with van der Waals surface area (Å²) in [5.74, 6) is 0.568. The molecule has 0 spiro atoms. The number of hydrogen-bond donors (Lipinski definition) is 1. The maximum Gasteiger partial charge on any atom is 0.358 e. The Kier molecular flexibility index (Phi) is 3.96. The predicted molar refractivity (Wildman–Crippen MR) is 79.4 cm³/mol. The predicted octanol–water partition coefficient (Wildman–Crippen LogP) is 3.98. The number of aromatic carboxylic acids is 1. The molecular formula is C15H14BrNO4. The van der Waals surface area contributed by atoms with Crippen molar-refractivity contribution in [3.05, 3.63) is 34.4 Å². The highest BCUT2D eigenvalue weighted by molar-refractivity contribution is 9.10. The Morgan fingerprint density at radius 2 is 2.24 bits per heavy atom. The van der Waals surface area contributed by atoms with E-state index in [4.69, 9.17) is 14.4 Å². The number of hydrogen-bond acceptors (Lipinski definition) is 4. The number of benzene rings is 1. The number of nitrogens with zero attached hydrogens (tertiary/aromatic N) is 1. The van der Waals surface area contributed by atoms with Gasteiger partial charge in [-0.1, -0.05) is 27.5 Å². The highest BCUT2D eigenvalue weighted by atomic mass is 79.9. The van der Waals surface area contributed by atoms with E-state index in [0.29, 0.717) is 29.6 Å². The van der Waals surface area contributed by atoms with Crippen molar-refractivity contribution in [1.82, 2.24) is 5.16 Å². The minimum Gasteiger partial charge on any atom is -0.493 e. The molecule has 0 unspecified atom stereocenters. The maximum absolute atomic E-state index is 10.9. The molecule has 0 bridgehead atoms. The third-order valence-electron chi connectivity index (χ3n) is 3.64. The first kappa shape index (κ1) is 14.1. The summed E-state index contributed by atoms with van der Waals surface area (Å²) in [4.78, 5) is 10.9. The van der Waals surface area contributed by atoms with E-state index in [0.717, 1.165) is 4.47 Å². The Morgan fingerprint density at radius 1 is 1.43 bits per heavy atom. The van der Waals surface area contributed by atoms with Gasteiger partial charge in [-0.2, -0.15) is 0 Å². The summed E-state index contributed by atoms with van der Waals surface area (Å²) in [7, 11) is 0. The molecular weight excluding hydrogens is 338 g/mol. The lowest BCUT2D eigenvalue weighted by molar-refractivity contribution is 0.0686. The van der Waals surface area contributed by atoms with E-state index in [-0.39, 0.29) is 5.69 Å². The summed E-state index contributed by atoms with van der Waals surface area (Å²) in [6, 6.07) is 6.97. The highest BCUT2D eigenvalue weighted by Crippen LogP contribution is 2.35. The van der Waals surface area contributed by atoms with Gasteiger partial charge in [0.1, 0.15) is 5.75 Å². The van der Waals surface area contributed by atoms with Crippen molar-refractivity contribution in [2.75, 3.05) is 6.61 Å². The highest BCUT2D eigenvalue weighted by Gasteiger charge is 2.20. The number of ether oxygens (including phenoxy) is 1. The standard InChI is InChI=1S/C15H14BrNO4/c16-10-4-5-13(20-8-9-2-1-3-9)11(6-10)14-7-12(15(18)19)17-21-14/h4-7,9H,1-3,8H2,(H,18,19). The summed E-state index contributed by atoms with van der Waals surface area (Å²) in [5, 5.41) is 12.5. The van der Waals surface area contributed by atoms with Crippen molar-refractivity contribution < 1.29 is 19.2 Å². The Labute approximate surface area is 130 Å². The third-order valence-corrected chi connectivity index (χ3v) is 4.13. The van der Waals surface area contributed by atoms with E-state index in [9.17, 15) is 4.79 Å². The molecule has 1 aliphatic carbocycles. The van der Waals surface area contributed by atoms with Crippen LogP contribution in [-0.4, -0.2) is 22.8 Å². The molecule has 1 N–H and O–H groups in total. The van der Waals surface area contributed by atoms with Crippen LogP contribution in [0.3, 0.4) is 0 Å². The lowest BCUT2D eigenvalue weighted by atomic mass is 9.86. The molecule has 110 valence electrons. The van der Waals surface area contributed by atoms with Crippen LogP contribution >= 0.6 is 15.9 Å². The summed E-state index contributed by atoms with van der Waals surface area (Å²) in [5.41, 5.74) is 0.582. The first-order valence-electron chi connectivity index (χ1n) is 6.76. The van der Waals surface area contributed by atoms with Crippen molar-refractivity contribution in [3.63, 3.8) is 0 Å². The molecule has 1 fully saturated rings. The lowest BCUT2D eigenvalue weighted by Crippen LogP contribution is -2.19. The summed E-state index contributed by atoms with van der Waals surface area (Å²) >= 11 is 3.40. The zero-order valence-electron chi connectivity index (χ0n) is 11.2. The second-order valence-electron chi connectivity index (χ2n) is 5.13. The normalized spacial score (nSPS) is 14.7. The van der Waals surface area contributed by atoms with E-state index < -0.39 is 5.97 Å². The molecule has 21 heavy (non-hydrogen) atoms. The van der Waals surface area contributed by atoms with E-state index in [1.807, 2.05) is 18.2 Å². The fourth-order valence-electron chi connectivity index (χ4n) is 2.19. The lowest BCUT2D eigenvalue weighted by Gasteiger charge is -2.25. The summed E-state index contributed by atoms with van der Waals surface area (Å²) in [6.45, 7) is 0.675. The average molecular weight is 352 g/mol. The molecule has 0 aliphatic heterocycles. The second kappa shape index (κ2) is 5.89. The minimum atomic E-state index is -1.11. The molecule has 5 nitrogen and oxygen atoms in total. The van der Waals surface area contributed by atoms with E-state index in [1.165, 1.54) is 25.3 Å². The fourth-order valence-corrected chi connectivity index (χ4v) is 2.55. The molecule has 3 rings (SSSR count). The van der Waals surface area contributed by atoms with Crippen LogP contribution < -0.4 is 4.74 Å². The van der Waals surface area contributed by atoms with Gasteiger partial charge in [-0.3, -0.25) is 0 Å². The van der Waals surface area contributed by atoms with Crippen molar-refractivity contribution >= 4 is 21.9 Å². The fraction of sp³-hybridized carbons (Fsp3) is 0.333. The van der Waals surface area contributed by atoms with Gasteiger partial charge >= 0.3 is 5.97 Å². The Morgan fingerprint density at radius 3 is 2.86 bits per heavy atom. The molecule has 1 aromatic carbocycles. The first-order valence-corrected chi connectivity index (χ1v) is 7.55. The van der Waals surface area contributed by atoms with Gasteiger partial charge in [-0.15, -0.1) is 0 Å². The number of carboxylic acid groups (broad SMARTS) is 1. The van der Waals surface area contributed by atoms with Crippen LogP contribution in [0.5, 0.6) is 5.75 Å². The minimum absolute atomic E-state index is 0.116. The van der Waals surface area contributed by atoms with Crippen molar-refractivity contribution in [2.45, 2.75) is 19.3 Å². The largest absolute Gasteiger partial charge is 0.493 e. The van der Waals surface area contributed by atoms with Gasteiger partial charge in [0, 0.05) is 10.5 Å². The zero-order valence-corrected chi connectivity index (χ0v) is 12.8. The monoisotopic (exact) mass is 351 g/mol. The quantitative estimate of drug-likeness (QED) is 0.881. The second-order valence-corrected chi connectivity index (χ2v) is 6.05. The molecule has 0 atom stereocenters. The van der Waals surface area contributed by atoms with Crippen LogP contribution in [0.4, 0.5) is 0 Å². The van der Waals surface area contributed by atoms with Gasteiger partial charge in [0.05, 0.1) is 12.2 Å². The topological polar surface area (TPSA) is 72.6 Å². The molecule has 1 saturated carbocycles. The number of halogens is 1. The van der Waals surface area contributed by atoms with E-state index in [2.05, 4.69) is 21.1 Å². The molecule has 1 heterocycles. The number of aromatic nitrogens is 1. The Bertz CT molecular complexity index is 663. The molecule has 0 saturated heterocycles. The first-order chi connectivity index (χ1) is 10.1. The SMILES string of the molecule is O=C(O)c1cc(-c2cc(Br)ccc2OCC2CCC2)on1. The van der Waals surface area contributed by atoms with E-state index >= 15 is 0 Å². The number of rotatable bonds is 5. The van der Waals surface area contributed by atoms with Gasteiger partial charge in [0.2, 0.25) is 0 Å². The maximum atomic E-state index is 10.9. The van der Waals surface area contributed by atoms with Crippen molar-refractivity contribution in [3.8, 4) is 17.1 Å². The zero-order chi connectivity index (χ0) is 14.8. The smallest absolute Gasteiger partial charge is 0.358 e. The van der Waals surface area contributed by atoms with Crippen LogP contribution in [0.15, 0.2) is 33.3 Å². The van der Waals surface area contributed by atoms with Gasteiger partial charge in [-0.25, -0.2) is 4.79 Å². The van der Waals surface area contributed by atoms with Gasteiger partial charge in [0.25, 0.3) is 0 Å². The molecule has 1 aliphatic rings. The van der Waals surface area contributed by atoms with Crippen LogP contribution in [0.25, 0.3) is 11.3 Å². The molecule has 0 radical (unpaired) electrons. The van der Waals surface area contributed by atoms with Gasteiger partial charge < -0.3 is 14.4 Å². The number of carbonyl (C=O) groups is 1. The number of carboxylic acids is 1. The van der Waals surface area contributed by atoms with Crippen molar-refractivity contribution in [1.29, 1.82) is 0 Å². The third kappa shape index (κ3) is 3.10. The Balaban J connectivity index is 1.87. The van der Waals surface area contributed by atoms with E-state index in [1.54, 1.807) is 0 Å². The van der Waals surface area contributed by atoms with Crippen LogP contribution in [0.2, 0.25) is 0 Å². The molecule has 2 aromatic rings. The summed E-state index contributed by atoms with van der Waals surface area (Å²) < 4.78 is 11.9. The van der Waals surface area contributed by atoms with Crippen LogP contribution in [0, 0.1) is 5.92 Å². The molecule has 0 amide bonds. The van der Waals surface area contributed by atoms with Gasteiger partial charge in [0.15, 0.2) is 11.5 Å². The Hall–Kier alpha value is -1.82. The van der Waals surface area contributed by atoms with Gasteiger partial charge in [-0.05, 0) is 37.0 Å². The van der Waals surface area contributed by atoms with Crippen LogP contribution in [-0.2, 0) is 0 Å². The average Bonchev–Trinajstić information content (AvgIpc) is 2.88. The molecule has 6 heteroatoms. The van der Waals surface area contributed by atoms with Crippen molar-refractivity contribution in [2.24, 2.45) is 5.92 Å². The van der Waals surface area contributed by atoms with Crippen LogP contribution in [0.1, 0.15) is 29.8 Å².